The molecule has 8 nitrogen and oxygen atoms in total. The number of carbonyl (C=O) groups excluding carboxylic acids is 1. The molecule has 0 bridgehead atoms. The molecule has 9 heteroatoms. The van der Waals surface area contributed by atoms with Crippen LogP contribution in [0.15, 0.2) is 64.1 Å². The number of anilines is 1. The van der Waals surface area contributed by atoms with E-state index < -0.39 is 11.9 Å². The van der Waals surface area contributed by atoms with Gasteiger partial charge in [0.1, 0.15) is 5.75 Å². The fourth-order valence-corrected chi connectivity index (χ4v) is 3.30. The Morgan fingerprint density at radius 2 is 2.07 bits per heavy atom. The first-order valence-electron chi connectivity index (χ1n) is 9.06. The van der Waals surface area contributed by atoms with Gasteiger partial charge in [-0.3, -0.25) is 10.1 Å². The Kier molecular flexibility index (Phi) is 6.99. The van der Waals surface area contributed by atoms with Gasteiger partial charge in [-0.1, -0.05) is 12.1 Å². The lowest BCUT2D eigenvalue weighted by atomic mass is 10.2. The smallest absolute Gasteiger partial charge is 0.258 e. The maximum Gasteiger partial charge on any atom is 0.258 e. The van der Waals surface area contributed by atoms with Gasteiger partial charge in [0.05, 0.1) is 25.1 Å². The fourth-order valence-electron chi connectivity index (χ4n) is 2.58. The minimum absolute atomic E-state index is 0.0569. The van der Waals surface area contributed by atoms with Crippen LogP contribution in [0.3, 0.4) is 0 Å². The maximum absolute atomic E-state index is 12.6. The van der Waals surface area contributed by atoms with Crippen molar-refractivity contribution in [2.75, 3.05) is 12.4 Å². The van der Waals surface area contributed by atoms with E-state index in [-0.39, 0.29) is 12.3 Å². The zero-order valence-corrected chi connectivity index (χ0v) is 17.3. The number of aromatic nitrogens is 1. The second-order valence-corrected chi connectivity index (χ2v) is 7.24. The van der Waals surface area contributed by atoms with E-state index in [0.717, 1.165) is 17.0 Å². The molecule has 1 aromatic heterocycles. The second-order valence-electron chi connectivity index (χ2n) is 6.38. The Labute approximate surface area is 177 Å². The third kappa shape index (κ3) is 5.34. The van der Waals surface area contributed by atoms with Gasteiger partial charge in [-0.15, -0.1) is 11.3 Å². The molecule has 1 atom stereocenters. The molecule has 3 rings (SSSR count). The molecule has 0 spiro atoms. The van der Waals surface area contributed by atoms with Crippen molar-refractivity contribution < 1.29 is 14.6 Å². The summed E-state index contributed by atoms with van der Waals surface area (Å²) in [7, 11) is 1.61. The van der Waals surface area contributed by atoms with E-state index in [2.05, 4.69) is 20.5 Å². The molecule has 0 saturated carbocycles. The van der Waals surface area contributed by atoms with Crippen LogP contribution in [0.5, 0.6) is 5.75 Å². The van der Waals surface area contributed by atoms with Crippen LogP contribution in [0.1, 0.15) is 12.5 Å². The van der Waals surface area contributed by atoms with E-state index in [1.54, 1.807) is 31.4 Å². The number of aliphatic hydroxyl groups excluding tert-OH is 1. The number of rotatable bonds is 8. The molecular formula is C21H21N5O3S. The highest BCUT2D eigenvalue weighted by Gasteiger charge is 2.21. The average molecular weight is 423 g/mol. The topological polar surface area (TPSA) is 120 Å². The van der Waals surface area contributed by atoms with E-state index in [4.69, 9.17) is 10.1 Å². The molecule has 0 radical (unpaired) electrons. The zero-order chi connectivity index (χ0) is 21.5. The van der Waals surface area contributed by atoms with Crippen LogP contribution in [0.25, 0.3) is 11.3 Å². The lowest BCUT2D eigenvalue weighted by molar-refractivity contribution is -0.116. The molecule has 1 amide bonds. The number of nitrogens with zero attached hydrogens (tertiary/aromatic N) is 3. The lowest BCUT2D eigenvalue weighted by Crippen LogP contribution is -2.31. The molecule has 0 aliphatic rings. The molecule has 0 aliphatic heterocycles. The van der Waals surface area contributed by atoms with Gasteiger partial charge in [0.15, 0.2) is 11.2 Å². The Hall–Kier alpha value is -3.43. The number of carbonyl (C=O) groups is 1. The summed E-state index contributed by atoms with van der Waals surface area (Å²) >= 11 is 1.29. The molecule has 1 heterocycles. The molecule has 30 heavy (non-hydrogen) atoms. The summed E-state index contributed by atoms with van der Waals surface area (Å²) in [5, 5.41) is 30.1. The van der Waals surface area contributed by atoms with E-state index in [0.29, 0.717) is 16.4 Å². The first kappa shape index (κ1) is 21.3. The third-order valence-electron chi connectivity index (χ3n) is 4.16. The third-order valence-corrected chi connectivity index (χ3v) is 4.92. The molecule has 154 valence electrons. The summed E-state index contributed by atoms with van der Waals surface area (Å²) in [6, 6.07) is 13.3. The summed E-state index contributed by atoms with van der Waals surface area (Å²) in [4.78, 5) is 17.1. The van der Waals surface area contributed by atoms with Gasteiger partial charge in [-0.25, -0.2) is 4.98 Å². The number of nitrogens with one attached hydrogen (secondary N) is 2. The van der Waals surface area contributed by atoms with E-state index >= 15 is 0 Å². The van der Waals surface area contributed by atoms with Gasteiger partial charge >= 0.3 is 0 Å². The van der Waals surface area contributed by atoms with Gasteiger partial charge in [0.2, 0.25) is 0 Å². The highest BCUT2D eigenvalue weighted by Crippen LogP contribution is 2.26. The van der Waals surface area contributed by atoms with Crippen LogP contribution in [-0.2, 0) is 11.4 Å². The Morgan fingerprint density at radius 1 is 1.30 bits per heavy atom. The van der Waals surface area contributed by atoms with Crippen molar-refractivity contribution in [3.63, 3.8) is 0 Å². The van der Waals surface area contributed by atoms with E-state index in [1.807, 2.05) is 29.6 Å². The summed E-state index contributed by atoms with van der Waals surface area (Å²) in [5.74, 6) is 0.266. The van der Waals surface area contributed by atoms with Crippen LogP contribution in [0, 0.1) is 5.41 Å². The fraction of sp³-hybridized carbons (Fsp3) is 0.190. The summed E-state index contributed by atoms with van der Waals surface area (Å²) in [6.45, 7) is 1.38. The van der Waals surface area contributed by atoms with Crippen molar-refractivity contribution in [2.45, 2.75) is 19.6 Å². The predicted molar refractivity (Wildman–Crippen MR) is 117 cm³/mol. The Morgan fingerprint density at radius 3 is 2.73 bits per heavy atom. The molecule has 3 aromatic rings. The van der Waals surface area contributed by atoms with Crippen molar-refractivity contribution in [3.8, 4) is 17.0 Å². The van der Waals surface area contributed by atoms with Crippen LogP contribution < -0.4 is 10.1 Å². The summed E-state index contributed by atoms with van der Waals surface area (Å²) in [6.07, 6.45) is 0. The average Bonchev–Trinajstić information content (AvgIpc) is 3.22. The SMILES string of the molecule is COc1ccc(-c2csc(NC(=O)C(/N=N/c3cccc(CO)c3)C(C)=N)n2)cc1. The number of hydrogen-bond donors (Lipinski definition) is 3. The molecule has 1 unspecified atom stereocenters. The van der Waals surface area contributed by atoms with Crippen molar-refractivity contribution in [2.24, 2.45) is 10.2 Å². The van der Waals surface area contributed by atoms with Gasteiger partial charge in [0.25, 0.3) is 5.91 Å². The maximum atomic E-state index is 12.6. The second kappa shape index (κ2) is 9.86. The molecule has 0 fully saturated rings. The van der Waals surface area contributed by atoms with Crippen molar-refractivity contribution in [1.82, 2.24) is 4.98 Å². The highest BCUT2D eigenvalue weighted by molar-refractivity contribution is 7.14. The number of azo groups is 1. The zero-order valence-electron chi connectivity index (χ0n) is 16.5. The molecule has 2 aromatic carbocycles. The number of methoxy groups -OCH3 is 1. The Bertz CT molecular complexity index is 1060. The minimum Gasteiger partial charge on any atom is -0.497 e. The molecular weight excluding hydrogens is 402 g/mol. The van der Waals surface area contributed by atoms with Crippen LogP contribution in [0.2, 0.25) is 0 Å². The summed E-state index contributed by atoms with van der Waals surface area (Å²) in [5.41, 5.74) is 2.87. The highest BCUT2D eigenvalue weighted by atomic mass is 32.1. The van der Waals surface area contributed by atoms with Crippen molar-refractivity contribution >= 4 is 33.8 Å². The molecule has 3 N–H and O–H groups in total. The Balaban J connectivity index is 1.71. The minimum atomic E-state index is -1.07. The van der Waals surface area contributed by atoms with Gasteiger partial charge < -0.3 is 15.3 Å². The number of ether oxygens (including phenoxy) is 1. The monoisotopic (exact) mass is 423 g/mol. The largest absolute Gasteiger partial charge is 0.497 e. The van der Waals surface area contributed by atoms with Crippen molar-refractivity contribution in [3.05, 3.63) is 59.5 Å². The van der Waals surface area contributed by atoms with E-state index in [1.165, 1.54) is 18.3 Å². The number of hydrogen-bond acceptors (Lipinski definition) is 8. The van der Waals surface area contributed by atoms with Gasteiger partial charge in [-0.2, -0.15) is 10.2 Å². The lowest BCUT2D eigenvalue weighted by Gasteiger charge is -2.09. The number of amides is 1. The predicted octanol–water partition coefficient (Wildman–Crippen LogP) is 4.44. The number of thiazole rings is 1. The molecule has 0 aliphatic carbocycles. The van der Waals surface area contributed by atoms with Crippen molar-refractivity contribution in [1.29, 1.82) is 5.41 Å². The number of aliphatic hydroxyl groups is 1. The first-order valence-corrected chi connectivity index (χ1v) is 9.94. The van der Waals surface area contributed by atoms with Crippen LogP contribution in [-0.4, -0.2) is 34.9 Å². The van der Waals surface area contributed by atoms with Gasteiger partial charge in [-0.05, 0) is 48.9 Å². The normalized spacial score (nSPS) is 12.0. The van der Waals surface area contributed by atoms with Gasteiger partial charge in [0, 0.05) is 16.7 Å². The van der Waals surface area contributed by atoms with Crippen LogP contribution >= 0.6 is 11.3 Å². The summed E-state index contributed by atoms with van der Waals surface area (Å²) < 4.78 is 5.15. The number of benzene rings is 2. The standard InChI is InChI=1S/C21H21N5O3S/c1-13(22)19(26-25-16-5-3-4-14(10-16)11-27)20(28)24-21-23-18(12-30-21)15-6-8-17(29-2)9-7-15/h3-10,12,19,22,27H,11H2,1-2H3,(H,23,24,28)/b22-13?,26-25+. The molecule has 0 saturated heterocycles. The quantitative estimate of drug-likeness (QED) is 0.366. The van der Waals surface area contributed by atoms with Crippen LogP contribution in [0.4, 0.5) is 10.8 Å². The first-order chi connectivity index (χ1) is 14.5. The van der Waals surface area contributed by atoms with E-state index in [9.17, 15) is 9.90 Å².